The van der Waals surface area contributed by atoms with Crippen LogP contribution in [0.1, 0.15) is 36.9 Å². The van der Waals surface area contributed by atoms with E-state index in [0.717, 1.165) is 0 Å². The molecular formula is C31H31N5O6S. The van der Waals surface area contributed by atoms with Gasteiger partial charge in [0, 0.05) is 18.8 Å². The van der Waals surface area contributed by atoms with Crippen molar-refractivity contribution >= 4 is 56.6 Å². The molecule has 6 rings (SSSR count). The number of amides is 4. The largest absolute Gasteiger partial charge is 0.457 e. The summed E-state index contributed by atoms with van der Waals surface area (Å²) in [6.45, 7) is 5.61. The summed E-state index contributed by atoms with van der Waals surface area (Å²) >= 11 is 1.17. The number of aliphatic hydroxyl groups is 1. The number of aliphatic hydroxyl groups excluding tert-OH is 1. The first kappa shape index (κ1) is 28.4. The zero-order valence-electron chi connectivity index (χ0n) is 23.9. The third kappa shape index (κ3) is 5.97. The van der Waals surface area contributed by atoms with Crippen LogP contribution in [0.3, 0.4) is 0 Å². The summed E-state index contributed by atoms with van der Waals surface area (Å²) in [4.78, 5) is 47.9. The number of para-hydroxylation sites is 1. The lowest BCUT2D eigenvalue weighted by Crippen LogP contribution is -2.55. The van der Waals surface area contributed by atoms with Gasteiger partial charge in [0.2, 0.25) is 0 Å². The van der Waals surface area contributed by atoms with Crippen LogP contribution in [0.4, 0.5) is 26.7 Å². The van der Waals surface area contributed by atoms with Crippen molar-refractivity contribution in [1.29, 1.82) is 0 Å². The van der Waals surface area contributed by atoms with Gasteiger partial charge >= 0.3 is 12.1 Å². The molecule has 0 aliphatic carbocycles. The number of piperidine rings is 1. The van der Waals surface area contributed by atoms with Gasteiger partial charge in [0.15, 0.2) is 0 Å². The fraction of sp³-hybridized carbons (Fsp3) is 0.290. The fourth-order valence-electron chi connectivity index (χ4n) is 5.19. The van der Waals surface area contributed by atoms with E-state index in [9.17, 15) is 19.5 Å². The summed E-state index contributed by atoms with van der Waals surface area (Å²) in [5, 5.41) is 16.9. The summed E-state index contributed by atoms with van der Waals surface area (Å²) in [5.41, 5.74) is 0.908. The van der Waals surface area contributed by atoms with Crippen LogP contribution < -0.4 is 20.3 Å². The molecule has 222 valence electrons. The van der Waals surface area contributed by atoms with Crippen molar-refractivity contribution in [2.24, 2.45) is 0 Å². The van der Waals surface area contributed by atoms with E-state index in [2.05, 4.69) is 15.6 Å². The van der Waals surface area contributed by atoms with E-state index in [-0.39, 0.29) is 19.5 Å². The first-order chi connectivity index (χ1) is 20.6. The number of hydrogen-bond donors (Lipinski definition) is 3. The summed E-state index contributed by atoms with van der Waals surface area (Å²) in [6.07, 6.45) is 0.509. The van der Waals surface area contributed by atoms with Crippen molar-refractivity contribution in [1.82, 2.24) is 15.2 Å². The molecule has 2 aromatic carbocycles. The number of thiophene rings is 1. The summed E-state index contributed by atoms with van der Waals surface area (Å²) < 4.78 is 11.3. The Bertz CT molecular complexity index is 1680. The monoisotopic (exact) mass is 601 g/mol. The normalized spacial score (nSPS) is 18.3. The third-order valence-corrected chi connectivity index (χ3v) is 8.04. The number of benzene rings is 2. The maximum atomic E-state index is 13.5. The number of hydrogen-bond acceptors (Lipinski definition) is 8. The number of pyridine rings is 1. The molecule has 2 aliphatic heterocycles. The van der Waals surface area contributed by atoms with Gasteiger partial charge in [0.1, 0.15) is 26.8 Å². The van der Waals surface area contributed by atoms with Crippen LogP contribution in [0.15, 0.2) is 66.9 Å². The maximum absolute atomic E-state index is 13.5. The number of aromatic nitrogens is 1. The number of urea groups is 1. The standard InChI is InChI=1S/C31H31N5O6S/c1-31(2,3)42-30(40)35-16-18(15-20(37)17-35)33-27(38)26-25-24-23(13-14-32-28(24)43-26)36(29(39)34-25)19-9-11-22(12-10-19)41-21-7-5-4-6-8-21/h4-14,18,20,37H,15-17H2,1-3H3,(H,33,38)(H,34,39)/t18-,20-/m1/s1. The topological polar surface area (TPSA) is 133 Å². The molecule has 0 saturated carbocycles. The van der Waals surface area contributed by atoms with Gasteiger partial charge in [-0.25, -0.2) is 14.6 Å². The van der Waals surface area contributed by atoms with E-state index in [1.165, 1.54) is 21.1 Å². The fourth-order valence-corrected chi connectivity index (χ4v) is 6.21. The lowest BCUT2D eigenvalue weighted by Gasteiger charge is -2.36. The quantitative estimate of drug-likeness (QED) is 0.260. The Morgan fingerprint density at radius 3 is 2.49 bits per heavy atom. The number of nitrogens with one attached hydrogen (secondary N) is 2. The number of ether oxygens (including phenoxy) is 2. The van der Waals surface area contributed by atoms with Gasteiger partial charge in [-0.2, -0.15) is 0 Å². The Morgan fingerprint density at radius 1 is 1.05 bits per heavy atom. The SMILES string of the molecule is CC(C)(C)OC(=O)N1C[C@H](O)C[C@@H](NC(=O)c2sc3nccc4c3c2NC(=O)N4c2ccc(Oc3ccccc3)cc2)C1. The Kier molecular flexibility index (Phi) is 7.40. The molecule has 0 radical (unpaired) electrons. The Hall–Kier alpha value is -4.68. The number of nitrogens with zero attached hydrogens (tertiary/aromatic N) is 3. The van der Waals surface area contributed by atoms with Crippen molar-refractivity contribution in [3.8, 4) is 11.5 Å². The van der Waals surface area contributed by atoms with E-state index < -0.39 is 35.8 Å². The molecule has 4 aromatic rings. The minimum Gasteiger partial charge on any atom is -0.457 e. The van der Waals surface area contributed by atoms with E-state index >= 15 is 0 Å². The molecule has 11 nitrogen and oxygen atoms in total. The van der Waals surface area contributed by atoms with Crippen molar-refractivity contribution in [3.63, 3.8) is 0 Å². The molecule has 43 heavy (non-hydrogen) atoms. The molecular weight excluding hydrogens is 570 g/mol. The predicted octanol–water partition coefficient (Wildman–Crippen LogP) is 5.87. The first-order valence-electron chi connectivity index (χ1n) is 13.9. The van der Waals surface area contributed by atoms with Crippen molar-refractivity contribution in [2.45, 2.75) is 44.9 Å². The zero-order chi connectivity index (χ0) is 30.3. The van der Waals surface area contributed by atoms with Gasteiger partial charge in [0.25, 0.3) is 5.91 Å². The molecule has 2 aliphatic rings. The number of carbonyl (C=O) groups is 3. The Morgan fingerprint density at radius 2 is 1.77 bits per heavy atom. The van der Waals surface area contributed by atoms with Crippen LogP contribution in [0.5, 0.6) is 11.5 Å². The molecule has 1 saturated heterocycles. The van der Waals surface area contributed by atoms with Gasteiger partial charge in [-0.05, 0) is 69.7 Å². The molecule has 4 heterocycles. The average Bonchev–Trinajstić information content (AvgIpc) is 3.33. The minimum atomic E-state index is -0.821. The molecule has 2 atom stereocenters. The smallest absolute Gasteiger partial charge is 0.410 e. The lowest BCUT2D eigenvalue weighted by atomic mass is 10.0. The summed E-state index contributed by atoms with van der Waals surface area (Å²) in [7, 11) is 0. The Labute approximate surface area is 252 Å². The van der Waals surface area contributed by atoms with E-state index in [1.54, 1.807) is 57.3 Å². The lowest BCUT2D eigenvalue weighted by molar-refractivity contribution is -0.00215. The first-order valence-corrected chi connectivity index (χ1v) is 14.7. The van der Waals surface area contributed by atoms with Crippen LogP contribution in [-0.2, 0) is 4.74 Å². The van der Waals surface area contributed by atoms with Crippen LogP contribution in [0, 0.1) is 0 Å². The number of anilines is 3. The third-order valence-electron chi connectivity index (χ3n) is 6.94. The highest BCUT2D eigenvalue weighted by Crippen LogP contribution is 2.46. The van der Waals surface area contributed by atoms with Gasteiger partial charge in [-0.3, -0.25) is 9.69 Å². The zero-order valence-corrected chi connectivity index (χ0v) is 24.7. The number of rotatable bonds is 5. The summed E-state index contributed by atoms with van der Waals surface area (Å²) in [5.74, 6) is 0.902. The second-order valence-electron chi connectivity index (χ2n) is 11.4. The highest BCUT2D eigenvalue weighted by molar-refractivity contribution is 7.21. The molecule has 4 amide bonds. The molecule has 0 unspecified atom stereocenters. The second-order valence-corrected chi connectivity index (χ2v) is 12.4. The van der Waals surface area contributed by atoms with Crippen molar-refractivity contribution in [3.05, 3.63) is 71.7 Å². The van der Waals surface area contributed by atoms with Crippen molar-refractivity contribution in [2.75, 3.05) is 23.3 Å². The van der Waals surface area contributed by atoms with Crippen LogP contribution in [0.25, 0.3) is 10.2 Å². The highest BCUT2D eigenvalue weighted by Gasteiger charge is 2.36. The van der Waals surface area contributed by atoms with Gasteiger partial charge in [-0.1, -0.05) is 18.2 Å². The average molecular weight is 602 g/mol. The Balaban J connectivity index is 1.23. The number of carbonyl (C=O) groups excluding carboxylic acids is 3. The van der Waals surface area contributed by atoms with E-state index in [4.69, 9.17) is 9.47 Å². The minimum absolute atomic E-state index is 0.119. The van der Waals surface area contributed by atoms with E-state index in [1.807, 2.05) is 30.3 Å². The second kappa shape index (κ2) is 11.2. The van der Waals surface area contributed by atoms with Crippen LogP contribution in [-0.4, -0.2) is 63.9 Å². The van der Waals surface area contributed by atoms with Crippen LogP contribution >= 0.6 is 11.3 Å². The van der Waals surface area contributed by atoms with E-state index in [0.29, 0.717) is 43.7 Å². The molecule has 1 fully saturated rings. The summed E-state index contributed by atoms with van der Waals surface area (Å²) in [6, 6.07) is 17.4. The number of β-amino-alcohol motifs (C(OH)–C–C–N with tert-alkyl or cyclic N) is 1. The van der Waals surface area contributed by atoms with Crippen molar-refractivity contribution < 1.29 is 29.0 Å². The maximum Gasteiger partial charge on any atom is 0.410 e. The molecule has 2 aromatic heterocycles. The molecule has 0 spiro atoms. The van der Waals surface area contributed by atoms with Gasteiger partial charge < -0.3 is 30.1 Å². The van der Waals surface area contributed by atoms with Crippen LogP contribution in [0.2, 0.25) is 0 Å². The molecule has 12 heteroatoms. The predicted molar refractivity (Wildman–Crippen MR) is 163 cm³/mol. The molecule has 0 bridgehead atoms. The van der Waals surface area contributed by atoms with Gasteiger partial charge in [0.05, 0.1) is 35.1 Å². The highest BCUT2D eigenvalue weighted by atomic mass is 32.1. The number of likely N-dealkylation sites (tertiary alicyclic amines) is 1. The molecule has 3 N–H and O–H groups in total. The van der Waals surface area contributed by atoms with Gasteiger partial charge in [-0.15, -0.1) is 11.3 Å².